The Bertz CT molecular complexity index is 1240. The highest BCUT2D eigenvalue weighted by Gasteiger charge is 2.37. The van der Waals surface area contributed by atoms with Gasteiger partial charge in [-0.05, 0) is 111 Å². The zero-order valence-corrected chi connectivity index (χ0v) is 22.3. The van der Waals surface area contributed by atoms with Crippen molar-refractivity contribution in [3.8, 4) is 11.5 Å². The SMILES string of the molecule is COc1ccccc1N1C(=O)S/C(=C\c2cc(I)c(OCc3ccc(F)cc3)c(I)c2)C1=O. The van der Waals surface area contributed by atoms with E-state index in [0.29, 0.717) is 28.7 Å². The number of hydrogen-bond acceptors (Lipinski definition) is 5. The lowest BCUT2D eigenvalue weighted by Crippen LogP contribution is -2.28. The minimum Gasteiger partial charge on any atom is -0.495 e. The average Bonchev–Trinajstić information content (AvgIpc) is 3.07. The Morgan fingerprint density at radius 3 is 2.36 bits per heavy atom. The van der Waals surface area contributed by atoms with Crippen molar-refractivity contribution in [1.29, 1.82) is 0 Å². The van der Waals surface area contributed by atoms with Gasteiger partial charge in [-0.1, -0.05) is 24.3 Å². The molecule has 2 amide bonds. The number of benzene rings is 3. The van der Waals surface area contributed by atoms with Gasteiger partial charge in [-0.15, -0.1) is 0 Å². The van der Waals surface area contributed by atoms with E-state index in [2.05, 4.69) is 45.2 Å². The lowest BCUT2D eigenvalue weighted by atomic mass is 10.2. The van der Waals surface area contributed by atoms with Crippen molar-refractivity contribution < 1.29 is 23.5 Å². The predicted molar refractivity (Wildman–Crippen MR) is 144 cm³/mol. The van der Waals surface area contributed by atoms with Gasteiger partial charge in [0.1, 0.15) is 23.9 Å². The first-order chi connectivity index (χ1) is 15.9. The van der Waals surface area contributed by atoms with Crippen molar-refractivity contribution in [2.45, 2.75) is 6.61 Å². The van der Waals surface area contributed by atoms with Gasteiger partial charge in [-0.25, -0.2) is 9.29 Å². The molecule has 168 valence electrons. The molecule has 0 atom stereocenters. The van der Waals surface area contributed by atoms with Crippen LogP contribution in [0.4, 0.5) is 14.9 Å². The third kappa shape index (κ3) is 5.35. The standard InChI is InChI=1S/C24H16FI2NO4S/c1-31-20-5-3-2-4-19(20)28-23(29)21(33-24(28)30)12-15-10-17(26)22(18(27)11-15)32-13-14-6-8-16(25)9-7-14/h2-12H,13H2,1H3/b21-12-. The number of hydrogen-bond donors (Lipinski definition) is 0. The van der Waals surface area contributed by atoms with Crippen LogP contribution in [0.25, 0.3) is 6.08 Å². The maximum absolute atomic E-state index is 13.1. The summed E-state index contributed by atoms with van der Waals surface area (Å²) in [7, 11) is 1.50. The van der Waals surface area contributed by atoms with E-state index in [9.17, 15) is 14.0 Å². The predicted octanol–water partition coefficient (Wildman–Crippen LogP) is 6.86. The number of anilines is 1. The number of carbonyl (C=O) groups is 2. The topological polar surface area (TPSA) is 55.8 Å². The van der Waals surface area contributed by atoms with Gasteiger partial charge < -0.3 is 9.47 Å². The largest absolute Gasteiger partial charge is 0.495 e. The number of thioether (sulfide) groups is 1. The molecule has 1 saturated heterocycles. The number of amides is 2. The van der Waals surface area contributed by atoms with Crippen molar-refractivity contribution in [2.24, 2.45) is 0 Å². The molecule has 0 unspecified atom stereocenters. The molecule has 0 saturated carbocycles. The van der Waals surface area contributed by atoms with Gasteiger partial charge in [0.25, 0.3) is 11.1 Å². The normalized spacial score (nSPS) is 14.8. The van der Waals surface area contributed by atoms with Crippen LogP contribution in [0.15, 0.2) is 65.6 Å². The molecule has 1 aliphatic heterocycles. The molecule has 0 radical (unpaired) electrons. The highest BCUT2D eigenvalue weighted by atomic mass is 127. The number of rotatable bonds is 6. The van der Waals surface area contributed by atoms with Crippen LogP contribution in [0.5, 0.6) is 11.5 Å². The molecule has 33 heavy (non-hydrogen) atoms. The van der Waals surface area contributed by atoms with Crippen molar-refractivity contribution in [3.63, 3.8) is 0 Å². The second-order valence-electron chi connectivity index (χ2n) is 6.92. The molecule has 1 aliphatic rings. The minimum atomic E-state index is -0.392. The van der Waals surface area contributed by atoms with E-state index >= 15 is 0 Å². The van der Waals surface area contributed by atoms with E-state index in [-0.39, 0.29) is 11.1 Å². The Kier molecular flexibility index (Phi) is 7.59. The second kappa shape index (κ2) is 10.4. The zero-order chi connectivity index (χ0) is 23.5. The number of carbonyl (C=O) groups excluding carboxylic acids is 2. The van der Waals surface area contributed by atoms with Gasteiger partial charge in [0.2, 0.25) is 0 Å². The van der Waals surface area contributed by atoms with Crippen LogP contribution in [0, 0.1) is 13.0 Å². The molecule has 3 aromatic rings. The van der Waals surface area contributed by atoms with Crippen LogP contribution in [-0.4, -0.2) is 18.3 Å². The van der Waals surface area contributed by atoms with Crippen LogP contribution in [0.1, 0.15) is 11.1 Å². The number of halogens is 3. The summed E-state index contributed by atoms with van der Waals surface area (Å²) in [5.41, 5.74) is 2.06. The zero-order valence-electron chi connectivity index (χ0n) is 17.2. The van der Waals surface area contributed by atoms with Crippen LogP contribution in [-0.2, 0) is 11.4 Å². The number of nitrogens with zero attached hydrogens (tertiary/aromatic N) is 1. The van der Waals surface area contributed by atoms with Gasteiger partial charge in [-0.3, -0.25) is 9.59 Å². The lowest BCUT2D eigenvalue weighted by Gasteiger charge is -2.15. The van der Waals surface area contributed by atoms with Crippen molar-refractivity contribution in [1.82, 2.24) is 0 Å². The Hall–Kier alpha value is -2.12. The Balaban J connectivity index is 1.56. The summed E-state index contributed by atoms with van der Waals surface area (Å²) in [6, 6.07) is 16.9. The maximum Gasteiger partial charge on any atom is 0.298 e. The highest BCUT2D eigenvalue weighted by Crippen LogP contribution is 2.40. The Morgan fingerprint density at radius 2 is 1.70 bits per heavy atom. The molecule has 0 bridgehead atoms. The summed E-state index contributed by atoms with van der Waals surface area (Å²) in [4.78, 5) is 27.1. The fourth-order valence-corrected chi connectivity index (χ4v) is 6.14. The third-order valence-electron chi connectivity index (χ3n) is 4.73. The molecule has 3 aromatic carbocycles. The Morgan fingerprint density at radius 1 is 1.03 bits per heavy atom. The van der Waals surface area contributed by atoms with Gasteiger partial charge >= 0.3 is 0 Å². The number of para-hydroxylation sites is 2. The van der Waals surface area contributed by atoms with Crippen LogP contribution in [0.2, 0.25) is 0 Å². The Labute approximate surface area is 221 Å². The molecule has 0 spiro atoms. The van der Waals surface area contributed by atoms with E-state index in [4.69, 9.17) is 9.47 Å². The summed E-state index contributed by atoms with van der Waals surface area (Å²) in [5, 5.41) is -0.376. The molecule has 0 aromatic heterocycles. The van der Waals surface area contributed by atoms with Crippen molar-refractivity contribution in [3.05, 3.63) is 89.7 Å². The van der Waals surface area contributed by atoms with Gasteiger partial charge in [0.15, 0.2) is 0 Å². The van der Waals surface area contributed by atoms with E-state index in [1.807, 2.05) is 12.1 Å². The van der Waals surface area contributed by atoms with Gasteiger partial charge in [0, 0.05) is 0 Å². The van der Waals surface area contributed by atoms with Crippen LogP contribution >= 0.6 is 56.9 Å². The second-order valence-corrected chi connectivity index (χ2v) is 10.2. The summed E-state index contributed by atoms with van der Waals surface area (Å²) >= 11 is 5.24. The van der Waals surface area contributed by atoms with Crippen molar-refractivity contribution in [2.75, 3.05) is 12.0 Å². The van der Waals surface area contributed by atoms with E-state index in [0.717, 1.165) is 34.9 Å². The maximum atomic E-state index is 13.1. The van der Waals surface area contributed by atoms with E-state index in [1.54, 1.807) is 42.5 Å². The minimum absolute atomic E-state index is 0.289. The lowest BCUT2D eigenvalue weighted by molar-refractivity contribution is -0.113. The highest BCUT2D eigenvalue weighted by molar-refractivity contribution is 14.1. The molecule has 0 aliphatic carbocycles. The summed E-state index contributed by atoms with van der Waals surface area (Å²) in [6.07, 6.45) is 1.70. The van der Waals surface area contributed by atoms with Gasteiger partial charge in [-0.2, -0.15) is 0 Å². The monoisotopic (exact) mass is 687 g/mol. The molecule has 9 heteroatoms. The third-order valence-corrected chi connectivity index (χ3v) is 7.21. The molecule has 5 nitrogen and oxygen atoms in total. The number of methoxy groups -OCH3 is 1. The first-order valence-corrected chi connectivity index (χ1v) is 12.6. The van der Waals surface area contributed by atoms with Crippen LogP contribution < -0.4 is 14.4 Å². The summed E-state index contributed by atoms with van der Waals surface area (Å²) < 4.78 is 26.1. The fraction of sp³-hybridized carbons (Fsp3) is 0.0833. The van der Waals surface area contributed by atoms with E-state index in [1.165, 1.54) is 19.2 Å². The molecular formula is C24H16FI2NO4S. The number of ether oxygens (including phenoxy) is 2. The smallest absolute Gasteiger partial charge is 0.298 e. The summed E-state index contributed by atoms with van der Waals surface area (Å²) in [5.74, 6) is 0.478. The first kappa shape index (κ1) is 24.0. The van der Waals surface area contributed by atoms with E-state index < -0.39 is 5.91 Å². The number of imide groups is 1. The fourth-order valence-electron chi connectivity index (χ4n) is 3.18. The quantitative estimate of drug-likeness (QED) is 0.210. The van der Waals surface area contributed by atoms with Crippen LogP contribution in [0.3, 0.4) is 0 Å². The van der Waals surface area contributed by atoms with Gasteiger partial charge in [0.05, 0.1) is 24.8 Å². The average molecular weight is 687 g/mol. The molecular weight excluding hydrogens is 671 g/mol. The van der Waals surface area contributed by atoms with Crippen molar-refractivity contribution >= 4 is 79.9 Å². The molecule has 1 fully saturated rings. The summed E-state index contributed by atoms with van der Waals surface area (Å²) in [6.45, 7) is 0.309. The molecule has 4 rings (SSSR count). The molecule has 1 heterocycles. The first-order valence-electron chi connectivity index (χ1n) is 9.64. The molecule has 0 N–H and O–H groups in total.